The van der Waals surface area contributed by atoms with Gasteiger partial charge in [0, 0.05) is 32.0 Å². The molecule has 0 atom stereocenters. The Morgan fingerprint density at radius 3 is 2.76 bits per heavy atom. The minimum absolute atomic E-state index is 0. The van der Waals surface area contributed by atoms with E-state index >= 15 is 0 Å². The lowest BCUT2D eigenvalue weighted by Crippen LogP contribution is -2.42. The molecule has 1 aromatic carbocycles. The standard InChI is InChI=1S/C17H22FN5O.HI/c1-12-22-15(24-23-12)6-9-20-16(19-2)21-11-17(7-8-17)13-4-3-5-14(18)10-13;/h3-5,10H,6-9,11H2,1-2H3,(H2,19,20,21);1H. The third-order valence-corrected chi connectivity index (χ3v) is 4.31. The van der Waals surface area contributed by atoms with Gasteiger partial charge in [-0.25, -0.2) is 4.39 Å². The molecule has 1 heterocycles. The molecule has 25 heavy (non-hydrogen) atoms. The lowest BCUT2D eigenvalue weighted by Gasteiger charge is -2.19. The SMILES string of the molecule is CN=C(NCCc1nc(C)no1)NCC1(c2cccc(F)c2)CC1.I. The van der Waals surface area contributed by atoms with Crippen molar-refractivity contribution in [3.8, 4) is 0 Å². The van der Waals surface area contributed by atoms with E-state index in [-0.39, 0.29) is 35.2 Å². The van der Waals surface area contributed by atoms with E-state index in [1.807, 2.05) is 6.07 Å². The molecule has 0 aliphatic heterocycles. The quantitative estimate of drug-likeness (QED) is 0.395. The fraction of sp³-hybridized carbons (Fsp3) is 0.471. The number of rotatable bonds is 6. The van der Waals surface area contributed by atoms with Crippen LogP contribution in [-0.4, -0.2) is 36.2 Å². The van der Waals surface area contributed by atoms with Crippen molar-refractivity contribution in [2.45, 2.75) is 31.6 Å². The average molecular weight is 459 g/mol. The highest BCUT2D eigenvalue weighted by molar-refractivity contribution is 14.0. The topological polar surface area (TPSA) is 75.3 Å². The molecule has 8 heteroatoms. The summed E-state index contributed by atoms with van der Waals surface area (Å²) < 4.78 is 18.5. The van der Waals surface area contributed by atoms with E-state index < -0.39 is 0 Å². The molecule has 0 spiro atoms. The summed E-state index contributed by atoms with van der Waals surface area (Å²) in [6.07, 6.45) is 2.75. The molecule has 2 aromatic rings. The molecule has 1 saturated carbocycles. The summed E-state index contributed by atoms with van der Waals surface area (Å²) in [7, 11) is 1.73. The molecule has 1 fully saturated rings. The smallest absolute Gasteiger partial charge is 0.228 e. The Hall–Kier alpha value is -1.71. The van der Waals surface area contributed by atoms with Gasteiger partial charge in [0.1, 0.15) is 5.82 Å². The maximum absolute atomic E-state index is 13.4. The van der Waals surface area contributed by atoms with Crippen molar-refractivity contribution in [1.82, 2.24) is 20.8 Å². The lowest BCUT2D eigenvalue weighted by atomic mass is 9.96. The van der Waals surface area contributed by atoms with Crippen molar-refractivity contribution in [1.29, 1.82) is 0 Å². The molecule has 1 aromatic heterocycles. The zero-order chi connectivity index (χ0) is 17.0. The molecule has 3 rings (SSSR count). The Morgan fingerprint density at radius 1 is 1.36 bits per heavy atom. The number of benzene rings is 1. The Morgan fingerprint density at radius 2 is 2.16 bits per heavy atom. The van der Waals surface area contributed by atoms with Crippen LogP contribution in [0.2, 0.25) is 0 Å². The summed E-state index contributed by atoms with van der Waals surface area (Å²) in [6.45, 7) is 3.17. The van der Waals surface area contributed by atoms with Crippen LogP contribution in [0.15, 0.2) is 33.8 Å². The number of halogens is 2. The average Bonchev–Trinajstić information content (AvgIpc) is 3.26. The molecule has 0 radical (unpaired) electrons. The highest BCUT2D eigenvalue weighted by Gasteiger charge is 2.44. The maximum Gasteiger partial charge on any atom is 0.228 e. The van der Waals surface area contributed by atoms with Gasteiger partial charge in [0.25, 0.3) is 0 Å². The number of guanidine groups is 1. The van der Waals surface area contributed by atoms with Crippen LogP contribution >= 0.6 is 24.0 Å². The summed E-state index contributed by atoms with van der Waals surface area (Å²) in [5.41, 5.74) is 1.07. The first-order chi connectivity index (χ1) is 11.6. The number of aryl methyl sites for hydroxylation is 1. The van der Waals surface area contributed by atoms with Crippen molar-refractivity contribution in [2.24, 2.45) is 4.99 Å². The van der Waals surface area contributed by atoms with E-state index in [1.165, 1.54) is 6.07 Å². The first-order valence-corrected chi connectivity index (χ1v) is 8.11. The molecular formula is C17H23FIN5O. The summed E-state index contributed by atoms with van der Waals surface area (Å²) in [5, 5.41) is 10.3. The molecule has 1 aliphatic rings. The second-order valence-corrected chi connectivity index (χ2v) is 6.13. The Labute approximate surface area is 163 Å². The van der Waals surface area contributed by atoms with Gasteiger partial charge in [-0.2, -0.15) is 4.98 Å². The van der Waals surface area contributed by atoms with Crippen molar-refractivity contribution >= 4 is 29.9 Å². The van der Waals surface area contributed by atoms with Crippen LogP contribution in [0.5, 0.6) is 0 Å². The van der Waals surface area contributed by atoms with Gasteiger partial charge in [-0.1, -0.05) is 17.3 Å². The molecule has 2 N–H and O–H groups in total. The molecule has 0 saturated heterocycles. The van der Waals surface area contributed by atoms with Crippen LogP contribution in [0.1, 0.15) is 30.1 Å². The molecule has 136 valence electrons. The third kappa shape index (κ3) is 5.13. The lowest BCUT2D eigenvalue weighted by molar-refractivity contribution is 0.374. The Kier molecular flexibility index (Phi) is 6.74. The van der Waals surface area contributed by atoms with Gasteiger partial charge in [0.05, 0.1) is 0 Å². The van der Waals surface area contributed by atoms with Gasteiger partial charge < -0.3 is 15.2 Å². The van der Waals surface area contributed by atoms with Crippen molar-refractivity contribution in [3.05, 3.63) is 47.4 Å². The van der Waals surface area contributed by atoms with Crippen LogP contribution in [0, 0.1) is 12.7 Å². The number of nitrogens with one attached hydrogen (secondary N) is 2. The normalized spacial score (nSPS) is 15.4. The molecular weight excluding hydrogens is 436 g/mol. The monoisotopic (exact) mass is 459 g/mol. The van der Waals surface area contributed by atoms with Crippen molar-refractivity contribution in [3.63, 3.8) is 0 Å². The predicted octanol–water partition coefficient (Wildman–Crippen LogP) is 2.57. The van der Waals surface area contributed by atoms with Gasteiger partial charge in [-0.15, -0.1) is 24.0 Å². The largest absolute Gasteiger partial charge is 0.356 e. The van der Waals surface area contributed by atoms with Crippen LogP contribution < -0.4 is 10.6 Å². The van der Waals surface area contributed by atoms with Crippen LogP contribution in [-0.2, 0) is 11.8 Å². The highest BCUT2D eigenvalue weighted by atomic mass is 127. The third-order valence-electron chi connectivity index (χ3n) is 4.31. The maximum atomic E-state index is 13.4. The Balaban J connectivity index is 0.00000225. The zero-order valence-electron chi connectivity index (χ0n) is 14.4. The van der Waals surface area contributed by atoms with Gasteiger partial charge in [0.2, 0.25) is 5.89 Å². The van der Waals surface area contributed by atoms with Crippen LogP contribution in [0.4, 0.5) is 4.39 Å². The van der Waals surface area contributed by atoms with E-state index in [4.69, 9.17) is 4.52 Å². The van der Waals surface area contributed by atoms with Gasteiger partial charge in [-0.05, 0) is 37.5 Å². The molecule has 0 unspecified atom stereocenters. The molecule has 0 bridgehead atoms. The Bertz CT molecular complexity index is 729. The van der Waals surface area contributed by atoms with Gasteiger partial charge in [0.15, 0.2) is 11.8 Å². The number of hydrogen-bond donors (Lipinski definition) is 2. The minimum atomic E-state index is -0.184. The zero-order valence-corrected chi connectivity index (χ0v) is 16.7. The number of nitrogens with zero attached hydrogens (tertiary/aromatic N) is 3. The fourth-order valence-electron chi connectivity index (χ4n) is 2.74. The van der Waals surface area contributed by atoms with E-state index in [0.29, 0.717) is 30.6 Å². The first-order valence-electron chi connectivity index (χ1n) is 8.11. The summed E-state index contributed by atoms with van der Waals surface area (Å²) >= 11 is 0. The van der Waals surface area contributed by atoms with E-state index in [0.717, 1.165) is 24.9 Å². The molecule has 0 amide bonds. The second kappa shape index (κ2) is 8.59. The minimum Gasteiger partial charge on any atom is -0.356 e. The number of hydrogen-bond acceptors (Lipinski definition) is 4. The summed E-state index contributed by atoms with van der Waals surface area (Å²) in [6, 6.07) is 6.87. The molecule has 1 aliphatic carbocycles. The van der Waals surface area contributed by atoms with Gasteiger partial charge >= 0.3 is 0 Å². The van der Waals surface area contributed by atoms with E-state index in [9.17, 15) is 4.39 Å². The summed E-state index contributed by atoms with van der Waals surface area (Å²) in [5.74, 6) is 1.78. The van der Waals surface area contributed by atoms with Gasteiger partial charge in [-0.3, -0.25) is 4.99 Å². The predicted molar refractivity (Wildman–Crippen MR) is 105 cm³/mol. The fourth-order valence-corrected chi connectivity index (χ4v) is 2.74. The highest BCUT2D eigenvalue weighted by Crippen LogP contribution is 2.47. The summed E-state index contributed by atoms with van der Waals surface area (Å²) in [4.78, 5) is 8.38. The first kappa shape index (κ1) is 19.6. The van der Waals surface area contributed by atoms with Crippen LogP contribution in [0.25, 0.3) is 0 Å². The van der Waals surface area contributed by atoms with E-state index in [1.54, 1.807) is 26.1 Å². The van der Waals surface area contributed by atoms with Crippen molar-refractivity contribution in [2.75, 3.05) is 20.1 Å². The van der Waals surface area contributed by atoms with E-state index in [2.05, 4.69) is 25.8 Å². The molecule has 6 nitrogen and oxygen atoms in total. The number of aromatic nitrogens is 2. The second-order valence-electron chi connectivity index (χ2n) is 6.13. The van der Waals surface area contributed by atoms with Crippen molar-refractivity contribution < 1.29 is 8.91 Å². The number of aliphatic imine (C=N–C) groups is 1. The van der Waals surface area contributed by atoms with Crippen LogP contribution in [0.3, 0.4) is 0 Å².